The molecule has 1 aliphatic heterocycles. The molecule has 0 radical (unpaired) electrons. The quantitative estimate of drug-likeness (QED) is 0.391. The number of aliphatic imine (C=N–C) groups is 2. The molecule has 0 unspecified atom stereocenters. The summed E-state index contributed by atoms with van der Waals surface area (Å²) < 4.78 is 27.6. The van der Waals surface area contributed by atoms with E-state index in [1.807, 2.05) is 25.3 Å². The first-order valence-corrected chi connectivity index (χ1v) is 10.9. The number of hydrogen-bond donors (Lipinski definition) is 0. The molecule has 0 aliphatic carbocycles. The third-order valence-corrected chi connectivity index (χ3v) is 5.74. The Labute approximate surface area is 166 Å². The minimum Gasteiger partial charge on any atom is -0.347 e. The molecule has 0 saturated heterocycles. The van der Waals surface area contributed by atoms with Crippen LogP contribution in [0.25, 0.3) is 11.6 Å². The molecule has 146 valence electrons. The average Bonchev–Trinajstić information content (AvgIpc) is 2.96. The molecule has 0 amide bonds. The van der Waals surface area contributed by atoms with Gasteiger partial charge in [-0.1, -0.05) is 18.7 Å². The van der Waals surface area contributed by atoms with Gasteiger partial charge in [0.25, 0.3) is 0 Å². The Bertz CT molecular complexity index is 939. The Hall–Kier alpha value is -2.12. The first kappa shape index (κ1) is 21.2. The summed E-state index contributed by atoms with van der Waals surface area (Å²) in [6.45, 7) is 10.5. The van der Waals surface area contributed by atoms with Crippen molar-refractivity contribution in [3.05, 3.63) is 47.6 Å². The van der Waals surface area contributed by atoms with Crippen LogP contribution in [0.1, 0.15) is 36.6 Å². The van der Waals surface area contributed by atoms with E-state index >= 15 is 0 Å². The number of sulfonamides is 1. The number of aryl methyl sites for hydroxylation is 1. The van der Waals surface area contributed by atoms with Crippen LogP contribution in [0.3, 0.4) is 0 Å². The molecule has 0 bridgehead atoms. The standard InChI is InChI=1S/C19H25ClN4O2S/c1-6-8-15-16(12-24-10-7-9-14(2)19(15)24)18(22-13-20)17(11-21-3)23(4)27(5,25)26/h6,8,11-12H,2-3,7,9-10,13H2,1,4-5H3/b8-6-,17-11+,22-18?. The van der Waals surface area contributed by atoms with Gasteiger partial charge in [0.2, 0.25) is 10.0 Å². The Kier molecular flexibility index (Phi) is 6.84. The van der Waals surface area contributed by atoms with Gasteiger partial charge in [-0.05, 0) is 32.1 Å². The molecule has 0 aromatic carbocycles. The lowest BCUT2D eigenvalue weighted by atomic mass is 9.97. The predicted octanol–water partition coefficient (Wildman–Crippen LogP) is 3.75. The number of halogens is 1. The van der Waals surface area contributed by atoms with E-state index in [1.54, 1.807) is 0 Å². The molecule has 1 aliphatic rings. The van der Waals surface area contributed by atoms with Crippen molar-refractivity contribution >= 4 is 45.7 Å². The molecule has 27 heavy (non-hydrogen) atoms. The van der Waals surface area contributed by atoms with Crippen LogP contribution >= 0.6 is 11.6 Å². The van der Waals surface area contributed by atoms with Crippen molar-refractivity contribution in [3.63, 3.8) is 0 Å². The van der Waals surface area contributed by atoms with E-state index < -0.39 is 10.0 Å². The van der Waals surface area contributed by atoms with Crippen LogP contribution in [-0.4, -0.2) is 49.0 Å². The highest BCUT2D eigenvalue weighted by molar-refractivity contribution is 7.88. The first-order chi connectivity index (χ1) is 12.8. The maximum absolute atomic E-state index is 12.1. The van der Waals surface area contributed by atoms with E-state index in [9.17, 15) is 8.42 Å². The fourth-order valence-electron chi connectivity index (χ4n) is 3.17. The Morgan fingerprint density at radius 2 is 2.19 bits per heavy atom. The third kappa shape index (κ3) is 4.42. The Morgan fingerprint density at radius 1 is 1.48 bits per heavy atom. The summed E-state index contributed by atoms with van der Waals surface area (Å²) in [5.74, 6) is 0. The third-order valence-electron chi connectivity index (χ3n) is 4.43. The fourth-order valence-corrected chi connectivity index (χ4v) is 3.78. The summed E-state index contributed by atoms with van der Waals surface area (Å²) in [4.78, 5) is 8.19. The van der Waals surface area contributed by atoms with Crippen molar-refractivity contribution in [2.75, 3.05) is 19.3 Å². The second-order valence-corrected chi connectivity index (χ2v) is 8.51. The molecule has 0 N–H and O–H groups in total. The smallest absolute Gasteiger partial charge is 0.232 e. The molecule has 1 aromatic heterocycles. The molecule has 0 fully saturated rings. The zero-order chi connectivity index (χ0) is 20.2. The van der Waals surface area contributed by atoms with E-state index in [1.165, 1.54) is 13.2 Å². The normalized spacial score (nSPS) is 15.9. The molecule has 1 aromatic rings. The second-order valence-electron chi connectivity index (χ2n) is 6.26. The predicted molar refractivity (Wildman–Crippen MR) is 115 cm³/mol. The number of likely N-dealkylation sites (N-methyl/N-ethyl adjacent to an activating group) is 1. The average molecular weight is 409 g/mol. The highest BCUT2D eigenvalue weighted by atomic mass is 35.5. The lowest BCUT2D eigenvalue weighted by molar-refractivity contribution is 0.538. The van der Waals surface area contributed by atoms with Crippen molar-refractivity contribution in [2.24, 2.45) is 9.98 Å². The van der Waals surface area contributed by atoms with Crippen LogP contribution in [0.2, 0.25) is 0 Å². The lowest BCUT2D eigenvalue weighted by Crippen LogP contribution is -2.30. The molecule has 0 atom stereocenters. The van der Waals surface area contributed by atoms with Crippen LogP contribution < -0.4 is 0 Å². The van der Waals surface area contributed by atoms with Gasteiger partial charge >= 0.3 is 0 Å². The van der Waals surface area contributed by atoms with E-state index in [2.05, 4.69) is 27.8 Å². The van der Waals surface area contributed by atoms with Gasteiger partial charge in [0.05, 0.1) is 29.6 Å². The zero-order valence-corrected chi connectivity index (χ0v) is 17.5. The molecule has 0 spiro atoms. The first-order valence-electron chi connectivity index (χ1n) is 8.51. The number of nitrogens with zero attached hydrogens (tertiary/aromatic N) is 4. The summed E-state index contributed by atoms with van der Waals surface area (Å²) in [6.07, 6.45) is 10.4. The Morgan fingerprint density at radius 3 is 2.74 bits per heavy atom. The molecular formula is C19H25ClN4O2S. The van der Waals surface area contributed by atoms with Crippen LogP contribution in [0, 0.1) is 0 Å². The van der Waals surface area contributed by atoms with Gasteiger partial charge in [-0.3, -0.25) is 14.3 Å². The Balaban J connectivity index is 2.77. The number of allylic oxidation sites excluding steroid dienone is 3. The minimum atomic E-state index is -3.52. The lowest BCUT2D eigenvalue weighted by Gasteiger charge is -2.21. The zero-order valence-electron chi connectivity index (χ0n) is 15.9. The van der Waals surface area contributed by atoms with E-state index in [-0.39, 0.29) is 6.00 Å². The maximum Gasteiger partial charge on any atom is 0.232 e. The number of hydrogen-bond acceptors (Lipinski definition) is 4. The van der Waals surface area contributed by atoms with Gasteiger partial charge in [-0.2, -0.15) is 0 Å². The van der Waals surface area contributed by atoms with Crippen molar-refractivity contribution in [3.8, 4) is 0 Å². The number of fused-ring (bicyclic) bond motifs is 1. The summed E-state index contributed by atoms with van der Waals surface area (Å²) in [5, 5.41) is 0. The fraction of sp³-hybridized carbons (Fsp3) is 0.368. The van der Waals surface area contributed by atoms with Gasteiger partial charge < -0.3 is 4.57 Å². The van der Waals surface area contributed by atoms with Crippen molar-refractivity contribution < 1.29 is 8.42 Å². The van der Waals surface area contributed by atoms with Crippen LogP contribution in [0.15, 0.2) is 40.7 Å². The molecule has 0 saturated carbocycles. The van der Waals surface area contributed by atoms with Crippen LogP contribution in [-0.2, 0) is 16.6 Å². The minimum absolute atomic E-state index is 0.0157. The highest BCUT2D eigenvalue weighted by Crippen LogP contribution is 2.34. The summed E-state index contributed by atoms with van der Waals surface area (Å²) in [6, 6.07) is -0.0157. The van der Waals surface area contributed by atoms with Crippen LogP contribution in [0.4, 0.5) is 0 Å². The summed E-state index contributed by atoms with van der Waals surface area (Å²) in [7, 11) is -2.06. The summed E-state index contributed by atoms with van der Waals surface area (Å²) in [5.41, 5.74) is 4.60. The van der Waals surface area contributed by atoms with Gasteiger partial charge in [0, 0.05) is 30.9 Å². The van der Waals surface area contributed by atoms with Crippen molar-refractivity contribution in [1.29, 1.82) is 0 Å². The van der Waals surface area contributed by atoms with E-state index in [0.29, 0.717) is 11.4 Å². The van der Waals surface area contributed by atoms with Crippen molar-refractivity contribution in [2.45, 2.75) is 26.3 Å². The number of rotatable bonds is 7. The summed E-state index contributed by atoms with van der Waals surface area (Å²) >= 11 is 5.92. The van der Waals surface area contributed by atoms with E-state index in [0.717, 1.165) is 52.3 Å². The van der Waals surface area contributed by atoms with E-state index in [4.69, 9.17) is 11.6 Å². The molecule has 2 heterocycles. The topological polar surface area (TPSA) is 67.0 Å². The largest absolute Gasteiger partial charge is 0.347 e. The highest BCUT2D eigenvalue weighted by Gasteiger charge is 2.27. The van der Waals surface area contributed by atoms with Crippen molar-refractivity contribution in [1.82, 2.24) is 8.87 Å². The SMILES string of the molecule is C=N/C=C(\C(=NCCl)c1cn2c(c1/C=C\C)C(=C)CCC2)N(C)S(C)(=O)=O. The second kappa shape index (κ2) is 8.71. The van der Waals surface area contributed by atoms with Gasteiger partial charge in [-0.15, -0.1) is 11.6 Å². The van der Waals surface area contributed by atoms with Crippen LogP contribution in [0.5, 0.6) is 0 Å². The maximum atomic E-state index is 12.1. The van der Waals surface area contributed by atoms with Gasteiger partial charge in [0.15, 0.2) is 0 Å². The van der Waals surface area contributed by atoms with Gasteiger partial charge in [-0.25, -0.2) is 8.42 Å². The number of alkyl halides is 1. The molecular weight excluding hydrogens is 384 g/mol. The number of aromatic nitrogens is 1. The molecule has 6 nitrogen and oxygen atoms in total. The molecule has 8 heteroatoms. The molecule has 2 rings (SSSR count). The monoisotopic (exact) mass is 408 g/mol. The van der Waals surface area contributed by atoms with Gasteiger partial charge in [0.1, 0.15) is 6.00 Å².